The van der Waals surface area contributed by atoms with Crippen molar-refractivity contribution < 1.29 is 4.79 Å². The number of fused-ring (bicyclic) bond motifs is 1. The van der Waals surface area contributed by atoms with Gasteiger partial charge >= 0.3 is 0 Å². The Kier molecular flexibility index (Phi) is 5.29. The van der Waals surface area contributed by atoms with Gasteiger partial charge in [0.1, 0.15) is 0 Å². The smallest absolute Gasteiger partial charge is 0.251 e. The summed E-state index contributed by atoms with van der Waals surface area (Å²) in [6, 6.07) is 17.9. The van der Waals surface area contributed by atoms with E-state index in [1.807, 2.05) is 42.5 Å². The van der Waals surface area contributed by atoms with Crippen molar-refractivity contribution in [2.24, 2.45) is 0 Å². The lowest BCUT2D eigenvalue weighted by Gasteiger charge is -2.07. The molecule has 0 aliphatic heterocycles. The molecule has 0 bridgehead atoms. The van der Waals surface area contributed by atoms with E-state index in [0.29, 0.717) is 24.9 Å². The summed E-state index contributed by atoms with van der Waals surface area (Å²) in [4.78, 5) is 26.5. The zero-order valence-electron chi connectivity index (χ0n) is 14.3. The molecule has 128 valence electrons. The van der Waals surface area contributed by atoms with Crippen LogP contribution in [0.3, 0.4) is 0 Å². The van der Waals surface area contributed by atoms with E-state index in [0.717, 1.165) is 22.9 Å². The van der Waals surface area contributed by atoms with Gasteiger partial charge < -0.3 is 10.3 Å². The van der Waals surface area contributed by atoms with Crippen LogP contribution >= 0.6 is 0 Å². The van der Waals surface area contributed by atoms with Gasteiger partial charge in [0.25, 0.3) is 5.56 Å². The van der Waals surface area contributed by atoms with E-state index < -0.39 is 0 Å². The van der Waals surface area contributed by atoms with E-state index in [1.54, 1.807) is 6.92 Å². The van der Waals surface area contributed by atoms with Crippen LogP contribution in [0.4, 0.5) is 0 Å². The monoisotopic (exact) mass is 334 g/mol. The van der Waals surface area contributed by atoms with Crippen molar-refractivity contribution in [3.05, 3.63) is 81.6 Å². The first-order chi connectivity index (χ1) is 12.1. The van der Waals surface area contributed by atoms with Crippen LogP contribution < -0.4 is 10.9 Å². The van der Waals surface area contributed by atoms with Gasteiger partial charge in [0.15, 0.2) is 0 Å². The number of nitrogens with one attached hydrogen (secondary N) is 2. The first kappa shape index (κ1) is 17.0. The minimum atomic E-state index is -0.0574. The molecule has 0 unspecified atom stereocenters. The lowest BCUT2D eigenvalue weighted by atomic mass is 10.1. The van der Waals surface area contributed by atoms with Gasteiger partial charge in [0.2, 0.25) is 5.91 Å². The van der Waals surface area contributed by atoms with Crippen LogP contribution in [0, 0.1) is 6.92 Å². The molecular weight excluding hydrogens is 312 g/mol. The van der Waals surface area contributed by atoms with Gasteiger partial charge in [0, 0.05) is 24.0 Å². The number of amides is 1. The zero-order chi connectivity index (χ0) is 17.6. The summed E-state index contributed by atoms with van der Waals surface area (Å²) >= 11 is 0. The van der Waals surface area contributed by atoms with Crippen molar-refractivity contribution in [1.29, 1.82) is 0 Å². The number of aryl methyl sites for hydroxylation is 2. The van der Waals surface area contributed by atoms with Gasteiger partial charge in [-0.05, 0) is 54.5 Å². The summed E-state index contributed by atoms with van der Waals surface area (Å²) in [5, 5.41) is 3.97. The van der Waals surface area contributed by atoms with Crippen LogP contribution in [0.15, 0.2) is 59.4 Å². The number of carbonyl (C=O) groups is 1. The molecule has 3 aromatic rings. The molecular formula is C21H22N2O2. The third-order valence-electron chi connectivity index (χ3n) is 4.31. The second-order valence-corrected chi connectivity index (χ2v) is 6.29. The SMILES string of the molecule is Cc1cc2cc(CCC(=O)NCCc3ccccc3)ccc2[nH]c1=O. The van der Waals surface area contributed by atoms with E-state index in [9.17, 15) is 9.59 Å². The van der Waals surface area contributed by atoms with Crippen LogP contribution in [0.5, 0.6) is 0 Å². The first-order valence-corrected chi connectivity index (χ1v) is 8.55. The Morgan fingerprint density at radius 3 is 2.60 bits per heavy atom. The molecule has 25 heavy (non-hydrogen) atoms. The fourth-order valence-corrected chi connectivity index (χ4v) is 2.86. The number of hydrogen-bond donors (Lipinski definition) is 2. The molecule has 4 nitrogen and oxygen atoms in total. The van der Waals surface area contributed by atoms with Crippen LogP contribution in [0.2, 0.25) is 0 Å². The summed E-state index contributed by atoms with van der Waals surface area (Å²) < 4.78 is 0. The summed E-state index contributed by atoms with van der Waals surface area (Å²) in [5.74, 6) is 0.0636. The average molecular weight is 334 g/mol. The number of H-pyrrole nitrogens is 1. The molecule has 2 aromatic carbocycles. The molecule has 0 radical (unpaired) electrons. The van der Waals surface area contributed by atoms with Crippen LogP contribution in [0.25, 0.3) is 10.9 Å². The Balaban J connectivity index is 1.52. The normalized spacial score (nSPS) is 10.8. The lowest BCUT2D eigenvalue weighted by molar-refractivity contribution is -0.121. The Bertz CT molecular complexity index is 930. The van der Waals surface area contributed by atoms with Crippen LogP contribution in [-0.2, 0) is 17.6 Å². The van der Waals surface area contributed by atoms with Crippen molar-refractivity contribution in [2.45, 2.75) is 26.2 Å². The molecule has 0 atom stereocenters. The first-order valence-electron chi connectivity index (χ1n) is 8.55. The largest absolute Gasteiger partial charge is 0.356 e. The Hall–Kier alpha value is -2.88. The van der Waals surface area contributed by atoms with Crippen molar-refractivity contribution in [3.8, 4) is 0 Å². The van der Waals surface area contributed by atoms with Crippen molar-refractivity contribution in [2.75, 3.05) is 6.54 Å². The standard InChI is InChI=1S/C21H22N2O2/c1-15-13-18-14-17(7-9-19(18)23-21(15)25)8-10-20(24)22-12-11-16-5-3-2-4-6-16/h2-7,9,13-14H,8,10-12H2,1H3,(H,22,24)(H,23,25). The Morgan fingerprint density at radius 1 is 1.00 bits per heavy atom. The van der Waals surface area contributed by atoms with Crippen molar-refractivity contribution in [1.82, 2.24) is 10.3 Å². The molecule has 1 amide bonds. The van der Waals surface area contributed by atoms with E-state index in [-0.39, 0.29) is 11.5 Å². The number of benzene rings is 2. The Morgan fingerprint density at radius 2 is 1.80 bits per heavy atom. The third kappa shape index (κ3) is 4.57. The summed E-state index contributed by atoms with van der Waals surface area (Å²) in [7, 11) is 0. The zero-order valence-corrected chi connectivity index (χ0v) is 14.3. The Labute approximate surface area is 146 Å². The maximum absolute atomic E-state index is 12.0. The molecule has 0 saturated heterocycles. The summed E-state index contributed by atoms with van der Waals surface area (Å²) in [5.41, 5.74) is 3.78. The minimum Gasteiger partial charge on any atom is -0.356 e. The topological polar surface area (TPSA) is 62.0 Å². The highest BCUT2D eigenvalue weighted by Crippen LogP contribution is 2.14. The molecule has 0 saturated carbocycles. The highest BCUT2D eigenvalue weighted by atomic mass is 16.1. The molecule has 4 heteroatoms. The number of rotatable bonds is 6. The van der Waals surface area contributed by atoms with E-state index >= 15 is 0 Å². The second-order valence-electron chi connectivity index (χ2n) is 6.29. The highest BCUT2D eigenvalue weighted by molar-refractivity contribution is 5.80. The second kappa shape index (κ2) is 7.79. The minimum absolute atomic E-state index is 0.0574. The summed E-state index contributed by atoms with van der Waals surface area (Å²) in [6.07, 6.45) is 1.99. The molecule has 1 aromatic heterocycles. The maximum atomic E-state index is 12.0. The van der Waals surface area contributed by atoms with Gasteiger partial charge in [-0.3, -0.25) is 9.59 Å². The van der Waals surface area contributed by atoms with Gasteiger partial charge in [-0.25, -0.2) is 0 Å². The lowest BCUT2D eigenvalue weighted by Crippen LogP contribution is -2.25. The summed E-state index contributed by atoms with van der Waals surface area (Å²) in [6.45, 7) is 2.45. The number of carbonyl (C=O) groups excluding carboxylic acids is 1. The highest BCUT2D eigenvalue weighted by Gasteiger charge is 2.04. The number of hydrogen-bond acceptors (Lipinski definition) is 2. The predicted octanol–water partition coefficient (Wildman–Crippen LogP) is 3.13. The van der Waals surface area contributed by atoms with Gasteiger partial charge in [0.05, 0.1) is 0 Å². The molecule has 0 aliphatic carbocycles. The molecule has 0 aliphatic rings. The van der Waals surface area contributed by atoms with Crippen molar-refractivity contribution >= 4 is 16.8 Å². The number of aromatic nitrogens is 1. The van der Waals surface area contributed by atoms with Gasteiger partial charge in [-0.15, -0.1) is 0 Å². The molecule has 3 rings (SSSR count). The van der Waals surface area contributed by atoms with Gasteiger partial charge in [-0.2, -0.15) is 0 Å². The third-order valence-corrected chi connectivity index (χ3v) is 4.31. The van der Waals surface area contributed by atoms with Gasteiger partial charge in [-0.1, -0.05) is 36.4 Å². The average Bonchev–Trinajstić information content (AvgIpc) is 2.62. The van der Waals surface area contributed by atoms with Crippen LogP contribution in [-0.4, -0.2) is 17.4 Å². The van der Waals surface area contributed by atoms with E-state index in [1.165, 1.54) is 5.56 Å². The van der Waals surface area contributed by atoms with E-state index in [4.69, 9.17) is 0 Å². The quantitative estimate of drug-likeness (QED) is 0.727. The molecule has 2 N–H and O–H groups in total. The molecule has 0 fully saturated rings. The number of aromatic amines is 1. The fraction of sp³-hybridized carbons (Fsp3) is 0.238. The maximum Gasteiger partial charge on any atom is 0.251 e. The van der Waals surface area contributed by atoms with E-state index in [2.05, 4.69) is 22.4 Å². The van der Waals surface area contributed by atoms with Crippen LogP contribution in [0.1, 0.15) is 23.1 Å². The molecule has 0 spiro atoms. The molecule has 1 heterocycles. The van der Waals surface area contributed by atoms with Crippen molar-refractivity contribution in [3.63, 3.8) is 0 Å². The predicted molar refractivity (Wildman–Crippen MR) is 101 cm³/mol. The fourth-order valence-electron chi connectivity index (χ4n) is 2.86. The number of pyridine rings is 1.